The van der Waals surface area contributed by atoms with E-state index in [1.165, 1.54) is 25.5 Å². The third-order valence-electron chi connectivity index (χ3n) is 4.47. The van der Waals surface area contributed by atoms with E-state index in [4.69, 9.17) is 34.8 Å². The van der Waals surface area contributed by atoms with E-state index in [1.54, 1.807) is 4.72 Å². The second kappa shape index (κ2) is 11.6. The molecule has 1 saturated heterocycles. The Balaban J connectivity index is 0.000000303. The first-order chi connectivity index (χ1) is 14.1. The van der Waals surface area contributed by atoms with Gasteiger partial charge in [-0.25, -0.2) is 8.93 Å². The normalized spacial score (nSPS) is 17.8. The molecule has 0 aliphatic carbocycles. The number of alkyl halides is 3. The SMILES string of the molecule is CCNS(=O)C(F)(F)F.Clc1ccc(N2CCCCC2c2ccc(Cl)cc2Cl)cc1. The maximum atomic E-state index is 11.3. The Morgan fingerprint density at radius 2 is 1.70 bits per heavy atom. The molecule has 30 heavy (non-hydrogen) atoms. The number of rotatable bonds is 4. The highest BCUT2D eigenvalue weighted by molar-refractivity contribution is 7.83. The zero-order valence-electron chi connectivity index (χ0n) is 16.2. The van der Waals surface area contributed by atoms with Gasteiger partial charge in [0, 0.05) is 33.8 Å². The lowest BCUT2D eigenvalue weighted by atomic mass is 9.94. The molecule has 2 atom stereocenters. The van der Waals surface area contributed by atoms with Crippen molar-refractivity contribution in [1.29, 1.82) is 0 Å². The van der Waals surface area contributed by atoms with Gasteiger partial charge in [-0.2, -0.15) is 13.2 Å². The van der Waals surface area contributed by atoms with Crippen molar-refractivity contribution in [2.45, 2.75) is 37.7 Å². The molecular formula is C20H22Cl3F3N2OS. The van der Waals surface area contributed by atoms with Crippen molar-refractivity contribution >= 4 is 51.5 Å². The van der Waals surface area contributed by atoms with Crippen molar-refractivity contribution in [3.05, 3.63) is 63.1 Å². The molecule has 0 aromatic heterocycles. The highest BCUT2D eigenvalue weighted by Crippen LogP contribution is 2.38. The highest BCUT2D eigenvalue weighted by Gasteiger charge is 2.36. The Hall–Kier alpha value is -0.990. The van der Waals surface area contributed by atoms with E-state index in [9.17, 15) is 17.4 Å². The average molecular weight is 502 g/mol. The number of hydrogen-bond acceptors (Lipinski definition) is 2. The summed E-state index contributed by atoms with van der Waals surface area (Å²) in [7, 11) is -2.89. The first kappa shape index (κ1) is 25.3. The zero-order valence-corrected chi connectivity index (χ0v) is 19.3. The minimum Gasteiger partial charge on any atom is -0.364 e. The molecule has 1 fully saturated rings. The Morgan fingerprint density at radius 3 is 2.23 bits per heavy atom. The van der Waals surface area contributed by atoms with Crippen LogP contribution in [0.4, 0.5) is 18.9 Å². The Labute approximate surface area is 192 Å². The van der Waals surface area contributed by atoms with Gasteiger partial charge in [0.2, 0.25) is 0 Å². The van der Waals surface area contributed by atoms with Crippen LogP contribution in [0, 0.1) is 0 Å². The molecule has 0 spiro atoms. The third kappa shape index (κ3) is 7.31. The van der Waals surface area contributed by atoms with Crippen LogP contribution in [-0.4, -0.2) is 22.8 Å². The quantitative estimate of drug-likeness (QED) is 0.482. The topological polar surface area (TPSA) is 32.3 Å². The molecule has 1 N–H and O–H groups in total. The van der Waals surface area contributed by atoms with Gasteiger partial charge in [0.25, 0.3) is 0 Å². The number of nitrogens with one attached hydrogen (secondary N) is 1. The van der Waals surface area contributed by atoms with Crippen molar-refractivity contribution in [3.8, 4) is 0 Å². The minimum absolute atomic E-state index is 0.0477. The molecule has 3 nitrogen and oxygen atoms in total. The van der Waals surface area contributed by atoms with Gasteiger partial charge >= 0.3 is 5.51 Å². The number of hydrogen-bond donors (Lipinski definition) is 1. The molecule has 0 saturated carbocycles. The second-order valence-electron chi connectivity index (χ2n) is 6.56. The van der Waals surface area contributed by atoms with E-state index in [0.29, 0.717) is 11.1 Å². The van der Waals surface area contributed by atoms with Crippen LogP contribution in [0.25, 0.3) is 0 Å². The molecule has 2 aromatic carbocycles. The minimum atomic E-state index is -4.63. The summed E-state index contributed by atoms with van der Waals surface area (Å²) in [5.74, 6) is 0. The molecule has 166 valence electrons. The Kier molecular flexibility index (Phi) is 9.75. The molecule has 1 aliphatic heterocycles. The van der Waals surface area contributed by atoms with Gasteiger partial charge in [-0.3, -0.25) is 0 Å². The van der Waals surface area contributed by atoms with Gasteiger partial charge in [-0.05, 0) is 61.2 Å². The van der Waals surface area contributed by atoms with Crippen LogP contribution in [0.2, 0.25) is 15.1 Å². The van der Waals surface area contributed by atoms with E-state index >= 15 is 0 Å². The predicted molar refractivity (Wildman–Crippen MR) is 120 cm³/mol. The van der Waals surface area contributed by atoms with Crippen LogP contribution in [0.3, 0.4) is 0 Å². The summed E-state index contributed by atoms with van der Waals surface area (Å²) in [6.45, 7) is 2.53. The summed E-state index contributed by atoms with van der Waals surface area (Å²) in [6.07, 6.45) is 3.52. The van der Waals surface area contributed by atoms with Gasteiger partial charge in [0.05, 0.1) is 6.04 Å². The van der Waals surface area contributed by atoms with E-state index in [2.05, 4.69) is 17.0 Å². The summed E-state index contributed by atoms with van der Waals surface area (Å²) < 4.78 is 45.5. The van der Waals surface area contributed by atoms with Crippen molar-refractivity contribution in [3.63, 3.8) is 0 Å². The van der Waals surface area contributed by atoms with Crippen LogP contribution in [0.1, 0.15) is 37.8 Å². The van der Waals surface area contributed by atoms with Crippen LogP contribution < -0.4 is 9.62 Å². The first-order valence-electron chi connectivity index (χ1n) is 9.32. The van der Waals surface area contributed by atoms with Gasteiger partial charge in [0.1, 0.15) is 0 Å². The number of anilines is 1. The summed E-state index contributed by atoms with van der Waals surface area (Å²) in [5.41, 5.74) is -2.29. The third-order valence-corrected chi connectivity index (χ3v) is 6.25. The number of halogens is 6. The molecule has 2 unspecified atom stereocenters. The van der Waals surface area contributed by atoms with Gasteiger partial charge in [-0.1, -0.05) is 47.8 Å². The van der Waals surface area contributed by atoms with E-state index in [-0.39, 0.29) is 6.54 Å². The highest BCUT2D eigenvalue weighted by atomic mass is 35.5. The van der Waals surface area contributed by atoms with Crippen molar-refractivity contribution < 1.29 is 17.4 Å². The summed E-state index contributed by atoms with van der Waals surface area (Å²) in [5, 5.41) is 2.18. The molecule has 0 radical (unpaired) electrons. The summed E-state index contributed by atoms with van der Waals surface area (Å²) >= 11 is 18.4. The van der Waals surface area contributed by atoms with Gasteiger partial charge in [0.15, 0.2) is 11.0 Å². The molecule has 0 amide bonds. The molecule has 1 heterocycles. The fourth-order valence-corrected chi connectivity index (χ4v) is 4.27. The molecule has 1 aliphatic rings. The largest absolute Gasteiger partial charge is 0.485 e. The first-order valence-corrected chi connectivity index (χ1v) is 11.6. The second-order valence-corrected chi connectivity index (χ2v) is 9.13. The lowest BCUT2D eigenvalue weighted by Gasteiger charge is -2.38. The van der Waals surface area contributed by atoms with Gasteiger partial charge in [-0.15, -0.1) is 0 Å². The molecular weight excluding hydrogens is 480 g/mol. The maximum Gasteiger partial charge on any atom is 0.485 e. The lowest BCUT2D eigenvalue weighted by molar-refractivity contribution is -0.0394. The van der Waals surface area contributed by atoms with Crippen molar-refractivity contribution in [2.75, 3.05) is 18.0 Å². The Morgan fingerprint density at radius 1 is 1.07 bits per heavy atom. The number of benzene rings is 2. The predicted octanol–water partition coefficient (Wildman–Crippen LogP) is 7.16. The summed E-state index contributed by atoms with van der Waals surface area (Å²) in [4.78, 5) is 2.41. The Bertz CT molecular complexity index is 850. The van der Waals surface area contributed by atoms with Crippen LogP contribution in [0.15, 0.2) is 42.5 Å². The smallest absolute Gasteiger partial charge is 0.364 e. The average Bonchev–Trinajstić information content (AvgIpc) is 2.69. The summed E-state index contributed by atoms with van der Waals surface area (Å²) in [6, 6.07) is 14.1. The maximum absolute atomic E-state index is 11.3. The van der Waals surface area contributed by atoms with Crippen molar-refractivity contribution in [1.82, 2.24) is 4.72 Å². The molecule has 2 aromatic rings. The number of nitrogens with zero attached hydrogens (tertiary/aromatic N) is 1. The van der Waals surface area contributed by atoms with E-state index in [1.807, 2.05) is 30.3 Å². The zero-order chi connectivity index (χ0) is 22.3. The standard InChI is InChI=1S/C17H16Cl3N.C3H6F3NOS/c18-12-4-7-14(8-5-12)21-10-2-1-3-17(21)15-9-6-13(19)11-16(15)20;1-2-7-9(8)3(4,5)6/h4-9,11,17H,1-3,10H2;7H,2H2,1H3. The lowest BCUT2D eigenvalue weighted by Crippen LogP contribution is -2.33. The van der Waals surface area contributed by atoms with Crippen LogP contribution in [0.5, 0.6) is 0 Å². The number of piperidine rings is 1. The molecule has 0 bridgehead atoms. The van der Waals surface area contributed by atoms with E-state index in [0.717, 1.165) is 28.6 Å². The fourth-order valence-electron chi connectivity index (χ4n) is 3.18. The van der Waals surface area contributed by atoms with Crippen molar-refractivity contribution in [2.24, 2.45) is 0 Å². The van der Waals surface area contributed by atoms with Crippen LogP contribution >= 0.6 is 34.8 Å². The van der Waals surface area contributed by atoms with Crippen LogP contribution in [-0.2, 0) is 11.0 Å². The van der Waals surface area contributed by atoms with Gasteiger partial charge < -0.3 is 4.90 Å². The molecule has 3 rings (SSSR count). The van der Waals surface area contributed by atoms with E-state index < -0.39 is 16.5 Å². The fraction of sp³-hybridized carbons (Fsp3) is 0.400. The monoisotopic (exact) mass is 500 g/mol. The molecule has 10 heteroatoms.